The summed E-state index contributed by atoms with van der Waals surface area (Å²) in [6.07, 6.45) is 0. The summed E-state index contributed by atoms with van der Waals surface area (Å²) in [5, 5.41) is 13.7. The lowest BCUT2D eigenvalue weighted by atomic mass is 10.2. The molecule has 8 heteroatoms. The number of hydrogen-bond donors (Lipinski definition) is 2. The zero-order chi connectivity index (χ0) is 16.8. The number of carbonyl (C=O) groups excluding carboxylic acids is 2. The van der Waals surface area contributed by atoms with Crippen LogP contribution in [-0.2, 0) is 4.79 Å². The summed E-state index contributed by atoms with van der Waals surface area (Å²) < 4.78 is 0.596. The molecule has 0 aliphatic rings. The normalized spacial score (nSPS) is 10.6. The summed E-state index contributed by atoms with van der Waals surface area (Å²) in [6.45, 7) is 5.73. The van der Waals surface area contributed by atoms with Crippen LogP contribution < -0.4 is 10.6 Å². The lowest BCUT2D eigenvalue weighted by molar-refractivity contribution is -0.119. The SMILES string of the molecule is Cc1ccccc1NC(=O)c1nnc(SCC(=O)NC(C)C)s1. The molecule has 0 radical (unpaired) electrons. The minimum absolute atomic E-state index is 0.0638. The Balaban J connectivity index is 1.92. The van der Waals surface area contributed by atoms with Crippen molar-refractivity contribution in [3.05, 3.63) is 34.8 Å². The Morgan fingerprint density at radius 1 is 1.26 bits per heavy atom. The zero-order valence-corrected chi connectivity index (χ0v) is 14.8. The minimum atomic E-state index is -0.296. The van der Waals surface area contributed by atoms with Crippen molar-refractivity contribution >= 4 is 40.6 Å². The first-order valence-corrected chi connectivity index (χ1v) is 8.88. The number of nitrogens with zero attached hydrogens (tertiary/aromatic N) is 2. The Morgan fingerprint density at radius 3 is 2.70 bits per heavy atom. The number of amides is 2. The van der Waals surface area contributed by atoms with E-state index < -0.39 is 0 Å². The van der Waals surface area contributed by atoms with Gasteiger partial charge in [0.15, 0.2) is 4.34 Å². The van der Waals surface area contributed by atoms with Gasteiger partial charge >= 0.3 is 0 Å². The van der Waals surface area contributed by atoms with Crippen LogP contribution >= 0.6 is 23.1 Å². The second-order valence-corrected chi connectivity index (χ2v) is 7.35. The van der Waals surface area contributed by atoms with Crippen LogP contribution in [-0.4, -0.2) is 33.8 Å². The lowest BCUT2D eigenvalue weighted by Gasteiger charge is -2.06. The van der Waals surface area contributed by atoms with Crippen LogP contribution in [0.25, 0.3) is 0 Å². The Hall–Kier alpha value is -1.93. The van der Waals surface area contributed by atoms with E-state index in [1.807, 2.05) is 45.0 Å². The van der Waals surface area contributed by atoms with Gasteiger partial charge in [0.2, 0.25) is 10.9 Å². The molecule has 23 heavy (non-hydrogen) atoms. The summed E-state index contributed by atoms with van der Waals surface area (Å²) in [5.41, 5.74) is 1.73. The van der Waals surface area contributed by atoms with E-state index in [4.69, 9.17) is 0 Å². The highest BCUT2D eigenvalue weighted by Gasteiger charge is 2.15. The van der Waals surface area contributed by atoms with Gasteiger partial charge in [-0.15, -0.1) is 10.2 Å². The summed E-state index contributed by atoms with van der Waals surface area (Å²) >= 11 is 2.45. The average molecular weight is 350 g/mol. The summed E-state index contributed by atoms with van der Waals surface area (Å²) in [7, 11) is 0. The molecule has 0 saturated carbocycles. The molecule has 0 aliphatic heterocycles. The highest BCUT2D eigenvalue weighted by molar-refractivity contribution is 8.01. The highest BCUT2D eigenvalue weighted by atomic mass is 32.2. The summed E-state index contributed by atoms with van der Waals surface area (Å²) in [4.78, 5) is 23.8. The van der Waals surface area contributed by atoms with E-state index in [9.17, 15) is 9.59 Å². The molecule has 2 amide bonds. The van der Waals surface area contributed by atoms with E-state index in [1.54, 1.807) is 0 Å². The predicted molar refractivity (Wildman–Crippen MR) is 93.0 cm³/mol. The molecule has 6 nitrogen and oxygen atoms in total. The zero-order valence-electron chi connectivity index (χ0n) is 13.1. The fourth-order valence-electron chi connectivity index (χ4n) is 1.74. The Kier molecular flexibility index (Phi) is 6.12. The molecule has 0 fully saturated rings. The smallest absolute Gasteiger partial charge is 0.286 e. The van der Waals surface area contributed by atoms with Crippen molar-refractivity contribution in [3.8, 4) is 0 Å². The Morgan fingerprint density at radius 2 is 2.00 bits per heavy atom. The molecule has 0 aliphatic carbocycles. The molecule has 1 aromatic heterocycles. The number of thioether (sulfide) groups is 1. The third kappa shape index (κ3) is 5.33. The largest absolute Gasteiger partial charge is 0.353 e. The molecular weight excluding hydrogens is 332 g/mol. The number of rotatable bonds is 6. The highest BCUT2D eigenvalue weighted by Crippen LogP contribution is 2.23. The van der Waals surface area contributed by atoms with Crippen LogP contribution in [0.15, 0.2) is 28.6 Å². The van der Waals surface area contributed by atoms with Gasteiger partial charge in [-0.2, -0.15) is 0 Å². The van der Waals surface area contributed by atoms with Gasteiger partial charge in [0, 0.05) is 11.7 Å². The van der Waals surface area contributed by atoms with Crippen molar-refractivity contribution in [2.75, 3.05) is 11.1 Å². The number of benzene rings is 1. The van der Waals surface area contributed by atoms with Crippen molar-refractivity contribution in [3.63, 3.8) is 0 Å². The minimum Gasteiger partial charge on any atom is -0.353 e. The van der Waals surface area contributed by atoms with E-state index in [-0.39, 0.29) is 28.6 Å². The molecular formula is C15H18N4O2S2. The molecule has 2 rings (SSSR count). The second-order valence-electron chi connectivity index (χ2n) is 5.15. The first-order chi connectivity index (χ1) is 11.0. The van der Waals surface area contributed by atoms with Gasteiger partial charge in [-0.05, 0) is 32.4 Å². The number of nitrogens with one attached hydrogen (secondary N) is 2. The van der Waals surface area contributed by atoms with Crippen molar-refractivity contribution in [2.24, 2.45) is 0 Å². The van der Waals surface area contributed by atoms with Gasteiger partial charge < -0.3 is 10.6 Å². The van der Waals surface area contributed by atoms with Crippen LogP contribution in [0.1, 0.15) is 29.2 Å². The molecule has 2 N–H and O–H groups in total. The van der Waals surface area contributed by atoms with Crippen molar-refractivity contribution < 1.29 is 9.59 Å². The molecule has 1 aromatic carbocycles. The number of anilines is 1. The standard InChI is InChI=1S/C15H18N4O2S2/c1-9(2)16-12(20)8-22-15-19-18-14(23-15)13(21)17-11-7-5-4-6-10(11)3/h4-7,9H,8H2,1-3H3,(H,16,20)(H,17,21). The van der Waals surface area contributed by atoms with E-state index >= 15 is 0 Å². The summed E-state index contributed by atoms with van der Waals surface area (Å²) in [6, 6.07) is 7.63. The average Bonchev–Trinajstić information content (AvgIpc) is 2.96. The monoisotopic (exact) mass is 350 g/mol. The quantitative estimate of drug-likeness (QED) is 0.783. The number of carbonyl (C=O) groups is 2. The van der Waals surface area contributed by atoms with Crippen LogP contribution in [0.5, 0.6) is 0 Å². The first kappa shape index (κ1) is 17.4. The molecule has 0 saturated heterocycles. The Labute approximate surface area is 143 Å². The topological polar surface area (TPSA) is 84.0 Å². The van der Waals surface area contributed by atoms with Gasteiger partial charge in [0.05, 0.1) is 5.75 Å². The fraction of sp³-hybridized carbons (Fsp3) is 0.333. The molecule has 2 aromatic rings. The molecule has 0 atom stereocenters. The van der Waals surface area contributed by atoms with Crippen LogP contribution in [0.2, 0.25) is 0 Å². The van der Waals surface area contributed by atoms with Gasteiger partial charge in [0.1, 0.15) is 0 Å². The number of para-hydroxylation sites is 1. The molecule has 0 unspecified atom stereocenters. The maximum Gasteiger partial charge on any atom is 0.286 e. The lowest BCUT2D eigenvalue weighted by Crippen LogP contribution is -2.31. The van der Waals surface area contributed by atoms with Crippen molar-refractivity contribution in [1.82, 2.24) is 15.5 Å². The van der Waals surface area contributed by atoms with Gasteiger partial charge in [-0.3, -0.25) is 9.59 Å². The molecule has 1 heterocycles. The third-order valence-corrected chi connectivity index (χ3v) is 4.83. The van der Waals surface area contributed by atoms with Crippen molar-refractivity contribution in [2.45, 2.75) is 31.2 Å². The number of aromatic nitrogens is 2. The predicted octanol–water partition coefficient (Wildman–Crippen LogP) is 2.72. The first-order valence-electron chi connectivity index (χ1n) is 7.08. The molecule has 122 valence electrons. The van der Waals surface area contributed by atoms with Gasteiger partial charge in [-0.25, -0.2) is 0 Å². The van der Waals surface area contributed by atoms with Crippen LogP contribution in [0.4, 0.5) is 5.69 Å². The molecule has 0 bridgehead atoms. The van der Waals surface area contributed by atoms with Gasteiger partial charge in [-0.1, -0.05) is 41.3 Å². The van der Waals surface area contributed by atoms with Crippen LogP contribution in [0, 0.1) is 6.92 Å². The van der Waals surface area contributed by atoms with Crippen LogP contribution in [0.3, 0.4) is 0 Å². The number of hydrogen-bond acceptors (Lipinski definition) is 6. The molecule has 0 spiro atoms. The maximum atomic E-state index is 12.2. The van der Waals surface area contributed by atoms with E-state index in [1.165, 1.54) is 23.1 Å². The second kappa shape index (κ2) is 8.07. The van der Waals surface area contributed by atoms with Gasteiger partial charge in [0.25, 0.3) is 5.91 Å². The fourth-order valence-corrected chi connectivity index (χ4v) is 3.30. The van der Waals surface area contributed by atoms with E-state index in [2.05, 4.69) is 20.8 Å². The summed E-state index contributed by atoms with van der Waals surface area (Å²) in [5.74, 6) is -0.104. The third-order valence-electron chi connectivity index (χ3n) is 2.77. The number of aryl methyl sites for hydroxylation is 1. The van der Waals surface area contributed by atoms with E-state index in [0.717, 1.165) is 11.3 Å². The van der Waals surface area contributed by atoms with E-state index in [0.29, 0.717) is 4.34 Å². The van der Waals surface area contributed by atoms with Crippen molar-refractivity contribution in [1.29, 1.82) is 0 Å². The maximum absolute atomic E-state index is 12.2. The Bertz CT molecular complexity index is 700.